The Labute approximate surface area is 157 Å². The quantitative estimate of drug-likeness (QED) is 0.632. The standard InChI is InChI=1S/C20H21N5O2/c1-13(19(26)25-18-5-3-2-4-14(18)12-21)22-15-6-8-16(9-7-15)23-20(27)24-17-10-11-17/h2-9,13,17,22H,10-11H2,1H3,(H,25,26)(H2,23,24,27). The van der Waals surface area contributed by atoms with Crippen molar-refractivity contribution >= 4 is 29.0 Å². The molecule has 27 heavy (non-hydrogen) atoms. The van der Waals surface area contributed by atoms with Crippen molar-refractivity contribution in [2.45, 2.75) is 31.8 Å². The molecule has 1 atom stereocenters. The minimum Gasteiger partial charge on any atom is -0.374 e. The number of anilines is 3. The van der Waals surface area contributed by atoms with E-state index in [0.29, 0.717) is 23.0 Å². The molecule has 3 amide bonds. The van der Waals surface area contributed by atoms with Crippen LogP contribution in [-0.2, 0) is 4.79 Å². The minimum absolute atomic E-state index is 0.206. The summed E-state index contributed by atoms with van der Waals surface area (Å²) in [4.78, 5) is 24.1. The molecule has 0 radical (unpaired) electrons. The largest absolute Gasteiger partial charge is 0.374 e. The lowest BCUT2D eigenvalue weighted by atomic mass is 10.2. The Kier molecular flexibility index (Phi) is 5.57. The van der Waals surface area contributed by atoms with Crippen molar-refractivity contribution in [2.75, 3.05) is 16.0 Å². The van der Waals surface area contributed by atoms with Crippen LogP contribution in [0.15, 0.2) is 48.5 Å². The monoisotopic (exact) mass is 363 g/mol. The molecule has 0 spiro atoms. The van der Waals surface area contributed by atoms with E-state index >= 15 is 0 Å². The third-order valence-electron chi connectivity index (χ3n) is 4.14. The van der Waals surface area contributed by atoms with Gasteiger partial charge in [0.15, 0.2) is 0 Å². The molecule has 3 rings (SSSR count). The highest BCUT2D eigenvalue weighted by Crippen LogP contribution is 2.20. The van der Waals surface area contributed by atoms with E-state index < -0.39 is 6.04 Å². The van der Waals surface area contributed by atoms with Crippen LogP contribution >= 0.6 is 0 Å². The van der Waals surface area contributed by atoms with Crippen molar-refractivity contribution < 1.29 is 9.59 Å². The Balaban J connectivity index is 1.53. The summed E-state index contributed by atoms with van der Waals surface area (Å²) in [6, 6.07) is 15.6. The lowest BCUT2D eigenvalue weighted by molar-refractivity contribution is -0.116. The second-order valence-corrected chi connectivity index (χ2v) is 6.46. The van der Waals surface area contributed by atoms with E-state index in [0.717, 1.165) is 18.5 Å². The number of hydrogen-bond donors (Lipinski definition) is 4. The molecule has 7 nitrogen and oxygen atoms in total. The van der Waals surface area contributed by atoms with Crippen molar-refractivity contribution in [3.8, 4) is 6.07 Å². The fraction of sp³-hybridized carbons (Fsp3) is 0.250. The van der Waals surface area contributed by atoms with E-state index in [9.17, 15) is 9.59 Å². The second-order valence-electron chi connectivity index (χ2n) is 6.46. The number of nitrogens with zero attached hydrogens (tertiary/aromatic N) is 1. The van der Waals surface area contributed by atoms with Gasteiger partial charge in [-0.15, -0.1) is 0 Å². The van der Waals surface area contributed by atoms with Gasteiger partial charge in [-0.3, -0.25) is 4.79 Å². The molecule has 138 valence electrons. The van der Waals surface area contributed by atoms with Crippen molar-refractivity contribution in [1.29, 1.82) is 5.26 Å². The molecule has 2 aromatic carbocycles. The van der Waals surface area contributed by atoms with Gasteiger partial charge in [0.05, 0.1) is 11.3 Å². The Morgan fingerprint density at radius 2 is 1.70 bits per heavy atom. The van der Waals surface area contributed by atoms with Crippen molar-refractivity contribution in [3.63, 3.8) is 0 Å². The molecule has 1 fully saturated rings. The number of nitriles is 1. The van der Waals surface area contributed by atoms with E-state index in [4.69, 9.17) is 5.26 Å². The highest BCUT2D eigenvalue weighted by Gasteiger charge is 2.23. The van der Waals surface area contributed by atoms with Gasteiger partial charge in [0.1, 0.15) is 12.1 Å². The predicted molar refractivity (Wildman–Crippen MR) is 104 cm³/mol. The summed E-state index contributed by atoms with van der Waals surface area (Å²) >= 11 is 0. The average molecular weight is 363 g/mol. The van der Waals surface area contributed by atoms with Gasteiger partial charge >= 0.3 is 6.03 Å². The third-order valence-corrected chi connectivity index (χ3v) is 4.14. The second kappa shape index (κ2) is 8.23. The first-order chi connectivity index (χ1) is 13.0. The number of para-hydroxylation sites is 1. The summed E-state index contributed by atoms with van der Waals surface area (Å²) in [6.07, 6.45) is 2.07. The molecule has 7 heteroatoms. The molecule has 1 saturated carbocycles. The van der Waals surface area contributed by atoms with Crippen LogP contribution in [0.2, 0.25) is 0 Å². The van der Waals surface area contributed by atoms with Crippen LogP contribution in [0.5, 0.6) is 0 Å². The fourth-order valence-corrected chi connectivity index (χ4v) is 2.48. The van der Waals surface area contributed by atoms with Gasteiger partial charge in [-0.05, 0) is 56.2 Å². The summed E-state index contributed by atoms with van der Waals surface area (Å²) in [6.45, 7) is 1.74. The molecular weight excluding hydrogens is 342 g/mol. The molecule has 0 aliphatic heterocycles. The maximum absolute atomic E-state index is 12.4. The van der Waals surface area contributed by atoms with Crippen molar-refractivity contribution in [3.05, 3.63) is 54.1 Å². The van der Waals surface area contributed by atoms with Crippen LogP contribution < -0.4 is 21.3 Å². The Hall–Kier alpha value is -3.53. The molecule has 0 aromatic heterocycles. The van der Waals surface area contributed by atoms with Crippen LogP contribution in [0.1, 0.15) is 25.3 Å². The number of carbonyl (C=O) groups excluding carboxylic acids is 2. The number of amides is 3. The van der Waals surface area contributed by atoms with Gasteiger partial charge in [0.2, 0.25) is 5.91 Å². The van der Waals surface area contributed by atoms with Crippen molar-refractivity contribution in [1.82, 2.24) is 5.32 Å². The smallest absolute Gasteiger partial charge is 0.319 e. The topological polar surface area (TPSA) is 106 Å². The Bertz CT molecular complexity index is 869. The van der Waals surface area contributed by atoms with E-state index in [-0.39, 0.29) is 11.9 Å². The van der Waals surface area contributed by atoms with Crippen LogP contribution in [0, 0.1) is 11.3 Å². The molecule has 0 heterocycles. The summed E-state index contributed by atoms with van der Waals surface area (Å²) < 4.78 is 0. The van der Waals surface area contributed by atoms with Crippen LogP contribution in [0.25, 0.3) is 0 Å². The Morgan fingerprint density at radius 3 is 2.37 bits per heavy atom. The average Bonchev–Trinajstić information content (AvgIpc) is 3.47. The molecular formula is C20H21N5O2. The highest BCUT2D eigenvalue weighted by atomic mass is 16.2. The van der Waals surface area contributed by atoms with Gasteiger partial charge in [-0.2, -0.15) is 5.26 Å². The van der Waals surface area contributed by atoms with E-state index in [1.165, 1.54) is 0 Å². The highest BCUT2D eigenvalue weighted by molar-refractivity contribution is 5.97. The van der Waals surface area contributed by atoms with Gasteiger partial charge in [-0.25, -0.2) is 4.79 Å². The first kappa shape index (κ1) is 18.3. The maximum Gasteiger partial charge on any atom is 0.319 e. The minimum atomic E-state index is -0.506. The number of benzene rings is 2. The van der Waals surface area contributed by atoms with Gasteiger partial charge in [0.25, 0.3) is 0 Å². The summed E-state index contributed by atoms with van der Waals surface area (Å²) in [7, 11) is 0. The lowest BCUT2D eigenvalue weighted by Gasteiger charge is -2.16. The molecule has 1 aliphatic rings. The zero-order valence-corrected chi connectivity index (χ0v) is 15.0. The summed E-state index contributed by atoms with van der Waals surface area (Å²) in [5.74, 6) is -0.247. The third kappa shape index (κ3) is 5.22. The molecule has 1 aliphatic carbocycles. The molecule has 4 N–H and O–H groups in total. The van der Waals surface area contributed by atoms with Gasteiger partial charge in [-0.1, -0.05) is 12.1 Å². The van der Waals surface area contributed by atoms with Crippen LogP contribution in [-0.4, -0.2) is 24.0 Å². The summed E-state index contributed by atoms with van der Waals surface area (Å²) in [5, 5.41) is 20.6. The van der Waals surface area contributed by atoms with Gasteiger partial charge in [0, 0.05) is 17.4 Å². The number of carbonyl (C=O) groups is 2. The number of rotatable bonds is 6. The first-order valence-electron chi connectivity index (χ1n) is 8.79. The first-order valence-corrected chi connectivity index (χ1v) is 8.79. The molecule has 2 aromatic rings. The number of nitrogens with one attached hydrogen (secondary N) is 4. The lowest BCUT2D eigenvalue weighted by Crippen LogP contribution is -2.32. The van der Waals surface area contributed by atoms with E-state index in [1.54, 1.807) is 55.5 Å². The van der Waals surface area contributed by atoms with Crippen molar-refractivity contribution in [2.24, 2.45) is 0 Å². The Morgan fingerprint density at radius 1 is 1.04 bits per heavy atom. The predicted octanol–water partition coefficient (Wildman–Crippen LogP) is 3.28. The molecule has 0 saturated heterocycles. The zero-order chi connectivity index (χ0) is 19.2. The SMILES string of the molecule is CC(Nc1ccc(NC(=O)NC2CC2)cc1)C(=O)Nc1ccccc1C#N. The normalized spacial score (nSPS) is 13.8. The molecule has 0 bridgehead atoms. The molecule has 1 unspecified atom stereocenters. The van der Waals surface area contributed by atoms with Crippen LogP contribution in [0.3, 0.4) is 0 Å². The van der Waals surface area contributed by atoms with E-state index in [1.807, 2.05) is 0 Å². The summed E-state index contributed by atoms with van der Waals surface area (Å²) in [5.41, 5.74) is 2.33. The zero-order valence-electron chi connectivity index (χ0n) is 15.0. The fourth-order valence-electron chi connectivity index (χ4n) is 2.48. The maximum atomic E-state index is 12.4. The number of urea groups is 1. The van der Waals surface area contributed by atoms with Crippen LogP contribution in [0.4, 0.5) is 21.9 Å². The van der Waals surface area contributed by atoms with Gasteiger partial charge < -0.3 is 21.3 Å². The number of hydrogen-bond acceptors (Lipinski definition) is 4. The van der Waals surface area contributed by atoms with E-state index in [2.05, 4.69) is 27.3 Å².